The number of amides is 1. The first-order chi connectivity index (χ1) is 15.0. The first-order valence-electron chi connectivity index (χ1n) is 10.7. The van der Waals surface area contributed by atoms with Crippen LogP contribution in [0.3, 0.4) is 0 Å². The molecule has 0 spiro atoms. The van der Waals surface area contributed by atoms with Gasteiger partial charge in [-0.05, 0) is 68.9 Å². The highest BCUT2D eigenvalue weighted by molar-refractivity contribution is 7.93. The van der Waals surface area contributed by atoms with Crippen molar-refractivity contribution in [2.75, 3.05) is 12.3 Å². The molecule has 2 aromatic heterocycles. The lowest BCUT2D eigenvalue weighted by molar-refractivity contribution is 0.0891. The van der Waals surface area contributed by atoms with Gasteiger partial charge in [-0.2, -0.15) is 0 Å². The Labute approximate surface area is 185 Å². The molecule has 1 saturated carbocycles. The molecule has 1 aromatic carbocycles. The summed E-state index contributed by atoms with van der Waals surface area (Å²) >= 11 is 6.03. The number of oxazole rings is 1. The van der Waals surface area contributed by atoms with Crippen LogP contribution in [0.2, 0.25) is 5.02 Å². The van der Waals surface area contributed by atoms with Crippen LogP contribution in [-0.4, -0.2) is 33.4 Å². The molecule has 1 fully saturated rings. The van der Waals surface area contributed by atoms with Crippen LogP contribution in [0.4, 0.5) is 0 Å². The summed E-state index contributed by atoms with van der Waals surface area (Å²) in [5.74, 6) is 1.37. The molecule has 9 heteroatoms. The third kappa shape index (κ3) is 4.23. The van der Waals surface area contributed by atoms with E-state index in [1.54, 1.807) is 18.2 Å². The number of nitrogens with zero attached hydrogens (tertiary/aromatic N) is 2. The topological polar surface area (TPSA) is 97.7 Å². The monoisotopic (exact) mass is 461 g/mol. The molecule has 0 bridgehead atoms. The van der Waals surface area contributed by atoms with Crippen molar-refractivity contribution < 1.29 is 17.8 Å². The molecule has 1 atom stereocenters. The van der Waals surface area contributed by atoms with E-state index in [1.165, 1.54) is 0 Å². The molecule has 7 nitrogen and oxygen atoms in total. The minimum Gasteiger partial charge on any atom is -0.441 e. The molecule has 31 heavy (non-hydrogen) atoms. The normalized spacial score (nSPS) is 26.5. The zero-order valence-corrected chi connectivity index (χ0v) is 18.6. The maximum Gasteiger partial charge on any atom is 0.287 e. The van der Waals surface area contributed by atoms with Gasteiger partial charge in [0, 0.05) is 29.3 Å². The van der Waals surface area contributed by atoms with E-state index in [4.69, 9.17) is 20.4 Å². The number of nitrogens with one attached hydrogen (secondary N) is 1. The van der Waals surface area contributed by atoms with Gasteiger partial charge in [0.1, 0.15) is 15.2 Å². The van der Waals surface area contributed by atoms with E-state index in [0.29, 0.717) is 22.4 Å². The van der Waals surface area contributed by atoms with Crippen molar-refractivity contribution in [3.05, 3.63) is 47.0 Å². The minimum atomic E-state index is -2.51. The van der Waals surface area contributed by atoms with Crippen LogP contribution in [0.15, 0.2) is 48.6 Å². The van der Waals surface area contributed by atoms with Crippen molar-refractivity contribution >= 4 is 38.3 Å². The lowest BCUT2D eigenvalue weighted by Gasteiger charge is -2.27. The van der Waals surface area contributed by atoms with Crippen LogP contribution in [0, 0.1) is 0 Å². The second kappa shape index (κ2) is 8.31. The molecule has 1 aliphatic heterocycles. The van der Waals surface area contributed by atoms with Crippen LogP contribution in [0.1, 0.15) is 60.9 Å². The Balaban J connectivity index is 1.20. The molecule has 0 radical (unpaired) electrons. The van der Waals surface area contributed by atoms with Crippen molar-refractivity contribution in [3.63, 3.8) is 0 Å². The summed E-state index contributed by atoms with van der Waals surface area (Å²) in [6.45, 7) is 0.581. The largest absolute Gasteiger partial charge is 0.441 e. The third-order valence-electron chi connectivity index (χ3n) is 6.03. The number of furan rings is 1. The standard InChI is InChI=1S/C22H24ClN3O4S/c23-15-5-8-18-17(13-15)26-22(30-18)14-3-6-16(7-4-14)25-21(27)19-9-10-20(29-19)31(28)12-2-1-11-24-31/h5,8-10,13-14,16H,1-4,6-7,11-12H2,(H,25,27). The summed E-state index contributed by atoms with van der Waals surface area (Å²) in [6.07, 6.45) is 5.22. The highest BCUT2D eigenvalue weighted by atomic mass is 35.5. The Morgan fingerprint density at radius 3 is 2.71 bits per heavy atom. The molecule has 1 amide bonds. The van der Waals surface area contributed by atoms with Gasteiger partial charge < -0.3 is 14.2 Å². The summed E-state index contributed by atoms with van der Waals surface area (Å²) < 4.78 is 28.7. The Hall–Kier alpha value is -2.32. The number of carbonyl (C=O) groups excluding carboxylic acids is 1. The average Bonchev–Trinajstić information content (AvgIpc) is 3.42. The molecule has 164 valence electrons. The van der Waals surface area contributed by atoms with E-state index in [0.717, 1.165) is 55.5 Å². The number of halogens is 1. The highest BCUT2D eigenvalue weighted by Crippen LogP contribution is 2.34. The lowest BCUT2D eigenvalue weighted by atomic mass is 9.86. The van der Waals surface area contributed by atoms with Crippen molar-refractivity contribution in [2.24, 2.45) is 4.36 Å². The second-order valence-corrected chi connectivity index (χ2v) is 11.0. The van der Waals surface area contributed by atoms with Crippen molar-refractivity contribution in [1.82, 2.24) is 10.3 Å². The Kier molecular flexibility index (Phi) is 5.52. The number of fused-ring (bicyclic) bond motifs is 1. The fraction of sp³-hybridized carbons (Fsp3) is 0.455. The van der Waals surface area contributed by atoms with Gasteiger partial charge in [0.05, 0.1) is 0 Å². The van der Waals surface area contributed by atoms with Gasteiger partial charge in [-0.1, -0.05) is 11.6 Å². The molecule has 5 rings (SSSR count). The van der Waals surface area contributed by atoms with Gasteiger partial charge in [-0.3, -0.25) is 4.79 Å². The number of rotatable bonds is 4. The quantitative estimate of drug-likeness (QED) is 0.579. The summed E-state index contributed by atoms with van der Waals surface area (Å²) in [5, 5.41) is 4.00. The maximum atomic E-state index is 12.9. The fourth-order valence-electron chi connectivity index (χ4n) is 4.30. The van der Waals surface area contributed by atoms with Gasteiger partial charge in [0.25, 0.3) is 5.91 Å². The van der Waals surface area contributed by atoms with Crippen molar-refractivity contribution in [1.29, 1.82) is 0 Å². The summed E-state index contributed by atoms with van der Waals surface area (Å²) in [4.78, 5) is 17.2. The van der Waals surface area contributed by atoms with E-state index in [2.05, 4.69) is 14.7 Å². The maximum absolute atomic E-state index is 12.9. The smallest absolute Gasteiger partial charge is 0.287 e. The average molecular weight is 462 g/mol. The number of hydrogen-bond acceptors (Lipinski definition) is 6. The second-order valence-electron chi connectivity index (χ2n) is 8.21. The highest BCUT2D eigenvalue weighted by Gasteiger charge is 2.28. The van der Waals surface area contributed by atoms with E-state index in [-0.39, 0.29) is 23.6 Å². The molecule has 3 heterocycles. The first-order valence-corrected chi connectivity index (χ1v) is 12.7. The predicted octanol–water partition coefficient (Wildman–Crippen LogP) is 5.15. The van der Waals surface area contributed by atoms with Gasteiger partial charge >= 0.3 is 0 Å². The number of benzene rings is 1. The zero-order valence-electron chi connectivity index (χ0n) is 17.0. The summed E-state index contributed by atoms with van der Waals surface area (Å²) in [5.41, 5.74) is 1.51. The van der Waals surface area contributed by atoms with Crippen LogP contribution >= 0.6 is 11.6 Å². The molecular weight excluding hydrogens is 438 g/mol. The zero-order chi connectivity index (χ0) is 21.4. The van der Waals surface area contributed by atoms with Gasteiger partial charge in [-0.15, -0.1) is 0 Å². The molecule has 1 unspecified atom stereocenters. The number of aromatic nitrogens is 1. The van der Waals surface area contributed by atoms with Crippen LogP contribution in [-0.2, 0) is 9.73 Å². The fourth-order valence-corrected chi connectivity index (χ4v) is 6.44. The number of hydrogen-bond donors (Lipinski definition) is 1. The molecule has 0 saturated heterocycles. The van der Waals surface area contributed by atoms with Crippen LogP contribution in [0.25, 0.3) is 11.1 Å². The third-order valence-corrected chi connectivity index (χ3v) is 8.55. The van der Waals surface area contributed by atoms with Gasteiger partial charge in [0.2, 0.25) is 0 Å². The van der Waals surface area contributed by atoms with E-state index >= 15 is 0 Å². The van der Waals surface area contributed by atoms with Crippen LogP contribution in [0.5, 0.6) is 0 Å². The predicted molar refractivity (Wildman–Crippen MR) is 118 cm³/mol. The number of carbonyl (C=O) groups is 1. The first kappa shape index (κ1) is 20.6. The SMILES string of the molecule is O=C(NC1CCC(c2nc3cc(Cl)ccc3o2)CC1)c1ccc(S2(=O)=NCCCC2)o1. The summed E-state index contributed by atoms with van der Waals surface area (Å²) in [6, 6.07) is 8.72. The molecule has 1 N–H and O–H groups in total. The molecular formula is C22H24ClN3O4S. The van der Waals surface area contributed by atoms with Crippen molar-refractivity contribution in [2.45, 2.75) is 55.6 Å². The van der Waals surface area contributed by atoms with E-state index in [1.807, 2.05) is 12.1 Å². The lowest BCUT2D eigenvalue weighted by Crippen LogP contribution is -2.37. The molecule has 2 aliphatic rings. The van der Waals surface area contributed by atoms with Crippen molar-refractivity contribution in [3.8, 4) is 0 Å². The Morgan fingerprint density at radius 2 is 1.94 bits per heavy atom. The van der Waals surface area contributed by atoms with Gasteiger partial charge in [-0.25, -0.2) is 13.6 Å². The minimum absolute atomic E-state index is 0.0593. The van der Waals surface area contributed by atoms with E-state index in [9.17, 15) is 9.00 Å². The van der Waals surface area contributed by atoms with E-state index < -0.39 is 9.73 Å². The Morgan fingerprint density at radius 1 is 1.10 bits per heavy atom. The summed E-state index contributed by atoms with van der Waals surface area (Å²) in [7, 11) is -2.51. The molecule has 3 aromatic rings. The molecule has 1 aliphatic carbocycles. The Bertz CT molecular complexity index is 1230. The van der Waals surface area contributed by atoms with Crippen LogP contribution < -0.4 is 5.32 Å². The van der Waals surface area contributed by atoms with Gasteiger partial charge in [0.15, 0.2) is 22.3 Å².